The van der Waals surface area contributed by atoms with Crippen molar-refractivity contribution in [3.63, 3.8) is 0 Å². The van der Waals surface area contributed by atoms with Crippen molar-refractivity contribution in [2.75, 3.05) is 26.4 Å². The monoisotopic (exact) mass is 354 g/mol. The summed E-state index contributed by atoms with van der Waals surface area (Å²) in [5, 5.41) is 49.4. The van der Waals surface area contributed by atoms with Gasteiger partial charge in [0.05, 0.1) is 26.4 Å². The van der Waals surface area contributed by atoms with E-state index in [0.717, 1.165) is 0 Å². The molecule has 0 atom stereocenters. The predicted octanol–water partition coefficient (Wildman–Crippen LogP) is 1.75. The lowest BCUT2D eigenvalue weighted by molar-refractivity contribution is 0.0857. The molecule has 0 fully saturated rings. The Morgan fingerprint density at radius 1 is 0.600 bits per heavy atom. The number of aliphatic hydroxyl groups is 4. The highest BCUT2D eigenvalue weighted by Gasteiger charge is 2.13. The Labute approximate surface area is 149 Å². The summed E-state index contributed by atoms with van der Waals surface area (Å²) >= 11 is 0. The first kappa shape index (κ1) is 25.1. The minimum absolute atomic E-state index is 0.0451. The van der Waals surface area contributed by atoms with E-state index in [-0.39, 0.29) is 31.8 Å². The number of aromatic hydroxyl groups is 2. The molecule has 0 aliphatic carbocycles. The van der Waals surface area contributed by atoms with Crippen LogP contribution in [0.25, 0.3) is 0 Å². The third-order valence-corrected chi connectivity index (χ3v) is 2.47. The molecule has 0 saturated carbocycles. The van der Waals surface area contributed by atoms with Gasteiger partial charge < -0.3 is 30.6 Å². The molecule has 6 N–H and O–H groups in total. The molecule has 0 aliphatic heterocycles. The fourth-order valence-corrected chi connectivity index (χ4v) is 0.906. The summed E-state index contributed by atoms with van der Waals surface area (Å²) < 4.78 is 0. The summed E-state index contributed by atoms with van der Waals surface area (Å²) in [7, 11) is 0. The van der Waals surface area contributed by atoms with E-state index in [1.54, 1.807) is 62.4 Å². The minimum Gasteiger partial charge on any atom is -0.508 e. The lowest BCUT2D eigenvalue weighted by Gasteiger charge is -2.16. The first-order valence-corrected chi connectivity index (χ1v) is 7.74. The summed E-state index contributed by atoms with van der Waals surface area (Å²) in [6.07, 6.45) is 0. The van der Waals surface area contributed by atoms with Gasteiger partial charge >= 0.3 is 0 Å². The van der Waals surface area contributed by atoms with Gasteiger partial charge in [0.2, 0.25) is 0 Å². The number of para-hydroxylation sites is 2. The molecule has 0 bridgehead atoms. The minimum atomic E-state index is -0.306. The van der Waals surface area contributed by atoms with Crippen LogP contribution in [0.4, 0.5) is 0 Å². The Hall–Kier alpha value is -2.12. The average Bonchev–Trinajstić information content (AvgIpc) is 2.64. The highest BCUT2D eigenvalue weighted by atomic mass is 16.3. The van der Waals surface area contributed by atoms with E-state index in [9.17, 15) is 0 Å². The van der Waals surface area contributed by atoms with Gasteiger partial charge in [-0.3, -0.25) is 0 Å². The van der Waals surface area contributed by atoms with Crippen LogP contribution < -0.4 is 0 Å². The van der Waals surface area contributed by atoms with Gasteiger partial charge in [0.1, 0.15) is 11.5 Å². The van der Waals surface area contributed by atoms with Crippen LogP contribution in [-0.4, -0.2) is 57.1 Å². The first-order chi connectivity index (χ1) is 11.8. The van der Waals surface area contributed by atoms with Gasteiger partial charge in [-0.25, -0.2) is 0 Å². The molecule has 0 unspecified atom stereocenters. The normalized spacial score (nSPS) is 9.36. The Morgan fingerprint density at radius 2 is 0.880 bits per heavy atom. The number of phenols is 2. The van der Waals surface area contributed by atoms with Gasteiger partial charge in [-0.2, -0.15) is 0 Å². The third kappa shape index (κ3) is 19.8. The van der Waals surface area contributed by atoms with E-state index in [1.807, 2.05) is 12.1 Å². The SMILES string of the molecule is CC(C)(CO)CO.OCCO.Oc1ccccc1.Oc1ccccc1. The van der Waals surface area contributed by atoms with E-state index in [1.165, 1.54) is 0 Å². The van der Waals surface area contributed by atoms with Gasteiger partial charge in [-0.1, -0.05) is 50.2 Å². The lowest BCUT2D eigenvalue weighted by atomic mass is 9.97. The molecule has 0 aliphatic rings. The molecule has 0 aromatic heterocycles. The van der Waals surface area contributed by atoms with Gasteiger partial charge in [-0.15, -0.1) is 0 Å². The fraction of sp³-hybridized carbons (Fsp3) is 0.368. The van der Waals surface area contributed by atoms with E-state index in [4.69, 9.17) is 30.6 Å². The molecule has 0 saturated heterocycles. The first-order valence-electron chi connectivity index (χ1n) is 7.74. The van der Waals surface area contributed by atoms with Crippen molar-refractivity contribution in [3.8, 4) is 11.5 Å². The Morgan fingerprint density at radius 3 is 0.960 bits per heavy atom. The van der Waals surface area contributed by atoms with Crippen molar-refractivity contribution in [1.82, 2.24) is 0 Å². The quantitative estimate of drug-likeness (QED) is 0.499. The van der Waals surface area contributed by atoms with Crippen LogP contribution in [0.5, 0.6) is 11.5 Å². The average molecular weight is 354 g/mol. The molecule has 6 nitrogen and oxygen atoms in total. The standard InChI is InChI=1S/2C6H6O.C5H12O2.C2H6O2/c2*7-6-4-2-1-3-5-6;1-5(2,3-6)4-7;3-1-2-4/h2*1-5,7H;6-7H,3-4H2,1-2H3;3-4H,1-2H2. The fourth-order valence-electron chi connectivity index (χ4n) is 0.906. The maximum Gasteiger partial charge on any atom is 0.115 e. The van der Waals surface area contributed by atoms with E-state index >= 15 is 0 Å². The molecule has 142 valence electrons. The highest BCUT2D eigenvalue weighted by Crippen LogP contribution is 2.10. The smallest absolute Gasteiger partial charge is 0.115 e. The zero-order valence-electron chi connectivity index (χ0n) is 14.8. The van der Waals surface area contributed by atoms with Crippen LogP contribution >= 0.6 is 0 Å². The number of hydrogen-bond donors (Lipinski definition) is 6. The summed E-state index contributed by atoms with van der Waals surface area (Å²) in [5.41, 5.74) is -0.306. The highest BCUT2D eigenvalue weighted by molar-refractivity contribution is 5.19. The van der Waals surface area contributed by atoms with Crippen LogP contribution in [0.2, 0.25) is 0 Å². The van der Waals surface area contributed by atoms with Crippen LogP contribution in [-0.2, 0) is 0 Å². The van der Waals surface area contributed by atoms with Gasteiger partial charge in [0, 0.05) is 5.41 Å². The molecule has 25 heavy (non-hydrogen) atoms. The number of rotatable bonds is 3. The van der Waals surface area contributed by atoms with Crippen LogP contribution in [0, 0.1) is 5.41 Å². The molecule has 6 heteroatoms. The van der Waals surface area contributed by atoms with Crippen molar-refractivity contribution in [1.29, 1.82) is 0 Å². The van der Waals surface area contributed by atoms with Crippen molar-refractivity contribution < 1.29 is 30.6 Å². The predicted molar refractivity (Wildman–Crippen MR) is 98.3 cm³/mol. The molecule has 2 rings (SSSR count). The lowest BCUT2D eigenvalue weighted by Crippen LogP contribution is -2.20. The second kappa shape index (κ2) is 16.7. The third-order valence-electron chi connectivity index (χ3n) is 2.47. The number of hydrogen-bond acceptors (Lipinski definition) is 6. The topological polar surface area (TPSA) is 121 Å². The van der Waals surface area contributed by atoms with Crippen LogP contribution in [0.3, 0.4) is 0 Å². The van der Waals surface area contributed by atoms with Crippen molar-refractivity contribution >= 4 is 0 Å². The summed E-state index contributed by atoms with van der Waals surface area (Å²) in [5.74, 6) is 0.644. The number of aliphatic hydroxyl groups excluding tert-OH is 4. The van der Waals surface area contributed by atoms with E-state index in [2.05, 4.69) is 0 Å². The molecular weight excluding hydrogens is 324 g/mol. The second-order valence-electron chi connectivity index (χ2n) is 5.60. The largest absolute Gasteiger partial charge is 0.508 e. The van der Waals surface area contributed by atoms with Crippen molar-refractivity contribution in [3.05, 3.63) is 60.7 Å². The molecule has 0 heterocycles. The van der Waals surface area contributed by atoms with Crippen molar-refractivity contribution in [2.45, 2.75) is 13.8 Å². The van der Waals surface area contributed by atoms with E-state index < -0.39 is 0 Å². The van der Waals surface area contributed by atoms with Crippen LogP contribution in [0.15, 0.2) is 60.7 Å². The molecule has 0 amide bonds. The molecular formula is C19H30O6. The molecule has 2 aromatic rings. The van der Waals surface area contributed by atoms with Gasteiger partial charge in [-0.05, 0) is 24.3 Å². The maximum absolute atomic E-state index is 8.63. The van der Waals surface area contributed by atoms with Crippen molar-refractivity contribution in [2.24, 2.45) is 5.41 Å². The Kier molecular flexibility index (Phi) is 16.8. The van der Waals surface area contributed by atoms with E-state index in [0.29, 0.717) is 11.5 Å². The second-order valence-corrected chi connectivity index (χ2v) is 5.60. The summed E-state index contributed by atoms with van der Waals surface area (Å²) in [4.78, 5) is 0. The number of benzene rings is 2. The van der Waals surface area contributed by atoms with Gasteiger partial charge in [0.25, 0.3) is 0 Å². The summed E-state index contributed by atoms with van der Waals surface area (Å²) in [6, 6.07) is 17.4. The molecule has 0 spiro atoms. The Balaban J connectivity index is 0. The number of phenolic OH excluding ortho intramolecular Hbond substituents is 2. The Bertz CT molecular complexity index is 442. The zero-order chi connectivity index (χ0) is 19.6. The zero-order valence-corrected chi connectivity index (χ0v) is 14.8. The molecule has 0 radical (unpaired) electrons. The maximum atomic E-state index is 8.63. The van der Waals surface area contributed by atoms with Crippen LogP contribution in [0.1, 0.15) is 13.8 Å². The van der Waals surface area contributed by atoms with Gasteiger partial charge in [0.15, 0.2) is 0 Å². The molecule has 2 aromatic carbocycles. The summed E-state index contributed by atoms with van der Waals surface area (Å²) in [6.45, 7) is 3.44.